The minimum Gasteiger partial charge on any atom is -0.381 e. The predicted octanol–water partition coefficient (Wildman–Crippen LogP) is 4.10. The first-order chi connectivity index (χ1) is 14.6. The highest BCUT2D eigenvalue weighted by atomic mass is 19.1. The monoisotopic (exact) mass is 410 g/mol. The number of hydrogen-bond acceptors (Lipinski definition) is 4. The van der Waals surface area contributed by atoms with Crippen LogP contribution in [0, 0.1) is 11.6 Å². The van der Waals surface area contributed by atoms with Gasteiger partial charge in [0, 0.05) is 19.0 Å². The van der Waals surface area contributed by atoms with E-state index in [2.05, 4.69) is 0 Å². The molecule has 6 heteroatoms. The molecule has 156 valence electrons. The summed E-state index contributed by atoms with van der Waals surface area (Å²) in [5, 5.41) is 11.1. The van der Waals surface area contributed by atoms with Crippen molar-refractivity contribution in [1.29, 1.82) is 0 Å². The molecule has 30 heavy (non-hydrogen) atoms. The van der Waals surface area contributed by atoms with Crippen molar-refractivity contribution in [3.8, 4) is 0 Å². The lowest BCUT2D eigenvalue weighted by Crippen LogP contribution is -2.26. The van der Waals surface area contributed by atoms with Crippen molar-refractivity contribution in [3.63, 3.8) is 0 Å². The molecule has 1 N–H and O–H groups in total. The van der Waals surface area contributed by atoms with Gasteiger partial charge in [-0.15, -0.1) is 0 Å². The predicted molar refractivity (Wildman–Crippen MR) is 110 cm³/mol. The molecule has 1 aliphatic rings. The minimum absolute atomic E-state index is 0.00759. The molecule has 1 fully saturated rings. The summed E-state index contributed by atoms with van der Waals surface area (Å²) in [5.74, 6) is -0.773. The fourth-order valence-electron chi connectivity index (χ4n) is 3.81. The smallest absolute Gasteiger partial charge is 0.123 e. The molecule has 4 rings (SSSR count). The van der Waals surface area contributed by atoms with Crippen LogP contribution in [0.1, 0.15) is 28.2 Å². The van der Waals surface area contributed by atoms with Crippen molar-refractivity contribution in [3.05, 3.63) is 107 Å². The largest absolute Gasteiger partial charge is 0.381 e. The molecule has 1 heterocycles. The fraction of sp³-hybridized carbons (Fsp3) is 0.250. The topological polar surface area (TPSA) is 35.9 Å². The van der Waals surface area contributed by atoms with Crippen molar-refractivity contribution in [2.24, 2.45) is 0 Å². The summed E-state index contributed by atoms with van der Waals surface area (Å²) in [4.78, 5) is 7.86. The third-order valence-corrected chi connectivity index (χ3v) is 5.40. The molecular formula is C24H24F2N2O2. The van der Waals surface area contributed by atoms with Gasteiger partial charge in [-0.2, -0.15) is 5.06 Å². The number of rotatable bonds is 7. The van der Waals surface area contributed by atoms with Crippen LogP contribution in [0.5, 0.6) is 0 Å². The minimum atomic E-state index is -0.296. The van der Waals surface area contributed by atoms with Gasteiger partial charge in [-0.1, -0.05) is 48.5 Å². The number of aliphatic hydroxyl groups is 1. The van der Waals surface area contributed by atoms with Gasteiger partial charge >= 0.3 is 0 Å². The van der Waals surface area contributed by atoms with Gasteiger partial charge < -0.3 is 5.11 Å². The first kappa shape index (κ1) is 20.6. The zero-order valence-corrected chi connectivity index (χ0v) is 16.5. The first-order valence-corrected chi connectivity index (χ1v) is 9.94. The van der Waals surface area contributed by atoms with E-state index in [0.717, 1.165) is 35.3 Å². The standard InChI is InChI=1S/C24H24F2N2O2/c25-21-9-5-18(6-10-21)24(19-7-11-22(26)12-8-19)23-4-2-1-3-20(23)15-30-28-14-13-27(16-28)17-29/h1-12,24,29H,13-17H2. The van der Waals surface area contributed by atoms with E-state index in [1.54, 1.807) is 24.3 Å². The third kappa shape index (κ3) is 4.74. The van der Waals surface area contributed by atoms with Crippen LogP contribution in [0.15, 0.2) is 72.8 Å². The molecule has 0 saturated carbocycles. The molecule has 0 aromatic heterocycles. The van der Waals surface area contributed by atoms with Crippen molar-refractivity contribution in [2.75, 3.05) is 26.5 Å². The summed E-state index contributed by atoms with van der Waals surface area (Å²) in [7, 11) is 0. The Bertz CT molecular complexity index is 918. The van der Waals surface area contributed by atoms with Crippen LogP contribution < -0.4 is 0 Å². The number of nitrogens with zero attached hydrogens (tertiary/aromatic N) is 2. The second-order valence-electron chi connectivity index (χ2n) is 7.39. The number of benzene rings is 3. The van der Waals surface area contributed by atoms with E-state index in [1.165, 1.54) is 24.3 Å². The average molecular weight is 410 g/mol. The van der Waals surface area contributed by atoms with Gasteiger partial charge in [-0.3, -0.25) is 9.74 Å². The summed E-state index contributed by atoms with van der Waals surface area (Å²) in [6.45, 7) is 2.41. The van der Waals surface area contributed by atoms with Gasteiger partial charge in [0.15, 0.2) is 0 Å². The number of hydroxylamine groups is 2. The molecule has 4 nitrogen and oxygen atoms in total. The van der Waals surface area contributed by atoms with E-state index >= 15 is 0 Å². The summed E-state index contributed by atoms with van der Waals surface area (Å²) in [6.07, 6.45) is 0. The second-order valence-corrected chi connectivity index (χ2v) is 7.39. The second kappa shape index (κ2) is 9.45. The van der Waals surface area contributed by atoms with E-state index in [-0.39, 0.29) is 24.3 Å². The summed E-state index contributed by atoms with van der Waals surface area (Å²) < 4.78 is 27.1. The highest BCUT2D eigenvalue weighted by Crippen LogP contribution is 2.34. The first-order valence-electron chi connectivity index (χ1n) is 9.94. The van der Waals surface area contributed by atoms with Crippen LogP contribution in [0.3, 0.4) is 0 Å². The third-order valence-electron chi connectivity index (χ3n) is 5.40. The molecule has 0 spiro atoms. The zero-order chi connectivity index (χ0) is 20.9. The summed E-state index contributed by atoms with van der Waals surface area (Å²) in [5.41, 5.74) is 3.86. The van der Waals surface area contributed by atoms with E-state index in [0.29, 0.717) is 13.3 Å². The molecule has 0 aliphatic carbocycles. The van der Waals surface area contributed by atoms with Crippen LogP contribution in [0.2, 0.25) is 0 Å². The Labute approximate surface area is 174 Å². The van der Waals surface area contributed by atoms with Crippen molar-refractivity contribution < 1.29 is 18.7 Å². The van der Waals surface area contributed by atoms with Crippen LogP contribution >= 0.6 is 0 Å². The highest BCUT2D eigenvalue weighted by molar-refractivity contribution is 5.46. The number of hydrogen-bond donors (Lipinski definition) is 1. The van der Waals surface area contributed by atoms with E-state index < -0.39 is 0 Å². The van der Waals surface area contributed by atoms with Crippen LogP contribution in [0.4, 0.5) is 8.78 Å². The molecule has 0 unspecified atom stereocenters. The van der Waals surface area contributed by atoms with E-state index in [9.17, 15) is 13.9 Å². The van der Waals surface area contributed by atoms with Gasteiger partial charge in [-0.05, 0) is 46.5 Å². The zero-order valence-electron chi connectivity index (χ0n) is 16.5. The highest BCUT2D eigenvalue weighted by Gasteiger charge is 2.23. The van der Waals surface area contributed by atoms with Crippen LogP contribution in [-0.2, 0) is 11.4 Å². The molecule has 1 saturated heterocycles. The Morgan fingerprint density at radius 1 is 0.833 bits per heavy atom. The lowest BCUT2D eigenvalue weighted by atomic mass is 9.83. The van der Waals surface area contributed by atoms with Crippen LogP contribution in [0.25, 0.3) is 0 Å². The van der Waals surface area contributed by atoms with Crippen molar-refractivity contribution >= 4 is 0 Å². The Hall–Kier alpha value is -2.64. The molecule has 0 bridgehead atoms. The lowest BCUT2D eigenvalue weighted by molar-refractivity contribution is -0.164. The quantitative estimate of drug-likeness (QED) is 0.595. The maximum Gasteiger partial charge on any atom is 0.123 e. The van der Waals surface area contributed by atoms with Gasteiger partial charge in [0.25, 0.3) is 0 Å². The molecule has 3 aromatic rings. The molecule has 3 aromatic carbocycles. The van der Waals surface area contributed by atoms with Crippen molar-refractivity contribution in [2.45, 2.75) is 12.5 Å². The SMILES string of the molecule is OCN1CCN(OCc2ccccc2C(c2ccc(F)cc2)c2ccc(F)cc2)C1. The molecule has 0 amide bonds. The number of halogens is 2. The fourth-order valence-corrected chi connectivity index (χ4v) is 3.81. The van der Waals surface area contributed by atoms with E-state index in [4.69, 9.17) is 4.84 Å². The van der Waals surface area contributed by atoms with Crippen LogP contribution in [-0.4, -0.2) is 41.6 Å². The molecule has 0 radical (unpaired) electrons. The maximum atomic E-state index is 13.5. The average Bonchev–Trinajstić information content (AvgIpc) is 3.24. The molecule has 1 aliphatic heterocycles. The summed E-state index contributed by atoms with van der Waals surface area (Å²) >= 11 is 0. The van der Waals surface area contributed by atoms with Gasteiger partial charge in [0.1, 0.15) is 11.6 Å². The number of aliphatic hydroxyl groups excluding tert-OH is 1. The van der Waals surface area contributed by atoms with Gasteiger partial charge in [0.2, 0.25) is 0 Å². The normalized spacial score (nSPS) is 15.2. The Kier molecular flexibility index (Phi) is 6.50. The Morgan fingerprint density at radius 3 is 2.00 bits per heavy atom. The molecular weight excluding hydrogens is 386 g/mol. The summed E-state index contributed by atoms with van der Waals surface area (Å²) in [6, 6.07) is 20.8. The lowest BCUT2D eigenvalue weighted by Gasteiger charge is -2.23. The van der Waals surface area contributed by atoms with Crippen molar-refractivity contribution in [1.82, 2.24) is 9.96 Å². The Morgan fingerprint density at radius 2 is 1.43 bits per heavy atom. The Balaban J connectivity index is 1.65. The van der Waals surface area contributed by atoms with E-state index in [1.807, 2.05) is 34.2 Å². The molecule has 0 atom stereocenters. The maximum absolute atomic E-state index is 13.5. The van der Waals surface area contributed by atoms with Gasteiger partial charge in [-0.25, -0.2) is 8.78 Å². The van der Waals surface area contributed by atoms with Gasteiger partial charge in [0.05, 0.1) is 20.0 Å².